The number of carbonyl (C=O) groups excluding carboxylic acids is 1. The lowest BCUT2D eigenvalue weighted by atomic mass is 10.2. The number of nitrogens with one attached hydrogen (secondary N) is 1. The lowest BCUT2D eigenvalue weighted by molar-refractivity contribution is -0.127. The van der Waals surface area contributed by atoms with Crippen LogP contribution >= 0.6 is 15.9 Å². The summed E-state index contributed by atoms with van der Waals surface area (Å²) in [5.74, 6) is 0.850. The molecule has 0 saturated carbocycles. The van der Waals surface area contributed by atoms with Crippen molar-refractivity contribution in [2.24, 2.45) is 0 Å². The first kappa shape index (κ1) is 13.3. The third-order valence-electron chi connectivity index (χ3n) is 3.38. The summed E-state index contributed by atoms with van der Waals surface area (Å²) in [4.78, 5) is 22.1. The van der Waals surface area contributed by atoms with Crippen molar-refractivity contribution < 1.29 is 4.79 Å². The zero-order chi connectivity index (χ0) is 13.9. The molecular weight excluding hydrogens is 320 g/mol. The molecule has 2 aromatic rings. The molecule has 1 amide bonds. The molecule has 1 aliphatic heterocycles. The highest BCUT2D eigenvalue weighted by Gasteiger charge is 2.19. The van der Waals surface area contributed by atoms with Crippen molar-refractivity contribution in [3.05, 3.63) is 28.9 Å². The van der Waals surface area contributed by atoms with Gasteiger partial charge in [0.1, 0.15) is 0 Å². The molecule has 20 heavy (non-hydrogen) atoms. The van der Waals surface area contributed by atoms with Crippen LogP contribution in [-0.4, -0.2) is 40.4 Å². The molecule has 0 radical (unpaired) electrons. The van der Waals surface area contributed by atoms with Crippen molar-refractivity contribution in [1.82, 2.24) is 14.9 Å². The van der Waals surface area contributed by atoms with Crippen LogP contribution in [0.1, 0.15) is 12.8 Å². The molecule has 3 rings (SSSR count). The molecule has 1 aromatic carbocycles. The summed E-state index contributed by atoms with van der Waals surface area (Å²) in [6.45, 7) is 2.25. The van der Waals surface area contributed by atoms with Gasteiger partial charge in [-0.1, -0.05) is 15.9 Å². The number of hydrogen-bond acceptors (Lipinski definition) is 4. The number of halogens is 1. The number of nitrogens with zero attached hydrogens (tertiary/aromatic N) is 3. The van der Waals surface area contributed by atoms with Gasteiger partial charge in [-0.15, -0.1) is 0 Å². The van der Waals surface area contributed by atoms with Crippen LogP contribution in [0.25, 0.3) is 10.9 Å². The van der Waals surface area contributed by atoms with E-state index in [1.54, 1.807) is 6.20 Å². The molecule has 1 fully saturated rings. The normalized spacial score (nSPS) is 15.1. The lowest BCUT2D eigenvalue weighted by Gasteiger charge is -2.15. The van der Waals surface area contributed by atoms with Gasteiger partial charge in [-0.3, -0.25) is 4.79 Å². The van der Waals surface area contributed by atoms with Gasteiger partial charge in [-0.25, -0.2) is 9.97 Å². The first-order valence-electron chi connectivity index (χ1n) is 6.66. The van der Waals surface area contributed by atoms with Gasteiger partial charge in [0, 0.05) is 42.1 Å². The van der Waals surface area contributed by atoms with E-state index in [2.05, 4.69) is 31.2 Å². The third-order valence-corrected chi connectivity index (χ3v) is 3.87. The van der Waals surface area contributed by atoms with Crippen LogP contribution in [0, 0.1) is 0 Å². The molecule has 0 atom stereocenters. The van der Waals surface area contributed by atoms with Crippen LogP contribution < -0.4 is 5.32 Å². The Bertz CT molecular complexity index is 646. The van der Waals surface area contributed by atoms with Crippen molar-refractivity contribution in [3.63, 3.8) is 0 Å². The quantitative estimate of drug-likeness (QED) is 0.932. The van der Waals surface area contributed by atoms with Gasteiger partial charge in [-0.05, 0) is 24.6 Å². The zero-order valence-corrected chi connectivity index (χ0v) is 12.6. The van der Waals surface area contributed by atoms with E-state index in [1.807, 2.05) is 23.1 Å². The zero-order valence-electron chi connectivity index (χ0n) is 11.0. The fraction of sp³-hybridized carbons (Fsp3) is 0.357. The summed E-state index contributed by atoms with van der Waals surface area (Å²) in [6.07, 6.45) is 3.46. The van der Waals surface area contributed by atoms with Gasteiger partial charge in [0.25, 0.3) is 0 Å². The fourth-order valence-electron chi connectivity index (χ4n) is 2.33. The molecule has 2 heterocycles. The predicted octanol–water partition coefficient (Wildman–Crippen LogP) is 2.43. The van der Waals surface area contributed by atoms with Crippen molar-refractivity contribution in [2.75, 3.05) is 25.0 Å². The molecule has 5 nitrogen and oxygen atoms in total. The van der Waals surface area contributed by atoms with Crippen LogP contribution in [0.4, 0.5) is 5.95 Å². The van der Waals surface area contributed by atoms with Gasteiger partial charge in [-0.2, -0.15) is 0 Å². The standard InChI is InChI=1S/C14H15BrN4O/c15-11-3-4-12-10(8-11)9-17-14(18-12)16-5-7-19-6-1-2-13(19)20/h3-4,8-9H,1-2,5-7H2,(H,16,17,18). The Morgan fingerprint density at radius 2 is 2.30 bits per heavy atom. The maximum Gasteiger partial charge on any atom is 0.223 e. The van der Waals surface area contributed by atoms with E-state index in [0.29, 0.717) is 25.5 Å². The Kier molecular flexibility index (Phi) is 3.82. The smallest absolute Gasteiger partial charge is 0.223 e. The number of carbonyl (C=O) groups is 1. The van der Waals surface area contributed by atoms with Crippen LogP contribution in [-0.2, 0) is 4.79 Å². The molecule has 6 heteroatoms. The lowest BCUT2D eigenvalue weighted by Crippen LogP contribution is -2.30. The monoisotopic (exact) mass is 334 g/mol. The largest absolute Gasteiger partial charge is 0.352 e. The summed E-state index contributed by atoms with van der Waals surface area (Å²) < 4.78 is 1.02. The van der Waals surface area contributed by atoms with Crippen molar-refractivity contribution in [2.45, 2.75) is 12.8 Å². The number of fused-ring (bicyclic) bond motifs is 1. The summed E-state index contributed by atoms with van der Waals surface area (Å²) >= 11 is 3.43. The average Bonchev–Trinajstić information content (AvgIpc) is 2.85. The Labute approximate surface area is 125 Å². The van der Waals surface area contributed by atoms with Gasteiger partial charge in [0.2, 0.25) is 11.9 Å². The van der Waals surface area contributed by atoms with E-state index in [9.17, 15) is 4.79 Å². The molecule has 0 spiro atoms. The first-order chi connectivity index (χ1) is 9.72. The van der Waals surface area contributed by atoms with Gasteiger partial charge < -0.3 is 10.2 Å². The minimum atomic E-state index is 0.246. The minimum absolute atomic E-state index is 0.246. The van der Waals surface area contributed by atoms with E-state index in [1.165, 1.54) is 0 Å². The molecule has 1 saturated heterocycles. The summed E-state index contributed by atoms with van der Waals surface area (Å²) in [5, 5.41) is 4.17. The number of anilines is 1. The van der Waals surface area contributed by atoms with E-state index in [4.69, 9.17) is 0 Å². The average molecular weight is 335 g/mol. The highest BCUT2D eigenvalue weighted by Crippen LogP contribution is 2.18. The number of hydrogen-bond donors (Lipinski definition) is 1. The molecule has 0 unspecified atom stereocenters. The van der Waals surface area contributed by atoms with E-state index >= 15 is 0 Å². The van der Waals surface area contributed by atoms with Crippen molar-refractivity contribution in [3.8, 4) is 0 Å². The van der Waals surface area contributed by atoms with Crippen LogP contribution in [0.15, 0.2) is 28.9 Å². The summed E-state index contributed by atoms with van der Waals surface area (Å²) in [7, 11) is 0. The summed E-state index contributed by atoms with van der Waals surface area (Å²) in [6, 6.07) is 5.90. The van der Waals surface area contributed by atoms with Gasteiger partial charge in [0.05, 0.1) is 5.52 Å². The number of likely N-dealkylation sites (tertiary alicyclic amines) is 1. The highest BCUT2D eigenvalue weighted by molar-refractivity contribution is 9.10. The molecular formula is C14H15BrN4O. The molecule has 0 aliphatic carbocycles. The second kappa shape index (κ2) is 5.75. The topological polar surface area (TPSA) is 58.1 Å². The first-order valence-corrected chi connectivity index (χ1v) is 7.46. The van der Waals surface area contributed by atoms with E-state index in [-0.39, 0.29) is 5.91 Å². The molecule has 104 valence electrons. The molecule has 1 aliphatic rings. The van der Waals surface area contributed by atoms with E-state index < -0.39 is 0 Å². The van der Waals surface area contributed by atoms with Crippen LogP contribution in [0.2, 0.25) is 0 Å². The Morgan fingerprint density at radius 3 is 3.10 bits per heavy atom. The Hall–Kier alpha value is -1.69. The highest BCUT2D eigenvalue weighted by atomic mass is 79.9. The minimum Gasteiger partial charge on any atom is -0.352 e. The predicted molar refractivity (Wildman–Crippen MR) is 81.5 cm³/mol. The maximum absolute atomic E-state index is 11.5. The maximum atomic E-state index is 11.5. The molecule has 1 N–H and O–H groups in total. The second-order valence-corrected chi connectivity index (χ2v) is 5.72. The van der Waals surface area contributed by atoms with Crippen LogP contribution in [0.5, 0.6) is 0 Å². The SMILES string of the molecule is O=C1CCCN1CCNc1ncc2cc(Br)ccc2n1. The number of aromatic nitrogens is 2. The summed E-state index contributed by atoms with van der Waals surface area (Å²) in [5.41, 5.74) is 0.906. The molecule has 0 bridgehead atoms. The second-order valence-electron chi connectivity index (χ2n) is 4.81. The van der Waals surface area contributed by atoms with Gasteiger partial charge in [0.15, 0.2) is 0 Å². The van der Waals surface area contributed by atoms with Gasteiger partial charge >= 0.3 is 0 Å². The van der Waals surface area contributed by atoms with Crippen LogP contribution in [0.3, 0.4) is 0 Å². The van der Waals surface area contributed by atoms with Crippen molar-refractivity contribution >= 4 is 38.7 Å². The third kappa shape index (κ3) is 2.90. The fourth-order valence-corrected chi connectivity index (χ4v) is 2.71. The Balaban J connectivity index is 1.63. The van der Waals surface area contributed by atoms with Crippen molar-refractivity contribution in [1.29, 1.82) is 0 Å². The number of rotatable bonds is 4. The van der Waals surface area contributed by atoms with E-state index in [0.717, 1.165) is 28.3 Å². The number of benzene rings is 1. The molecule has 1 aromatic heterocycles. The Morgan fingerprint density at radius 1 is 1.40 bits per heavy atom. The number of amides is 1.